The van der Waals surface area contributed by atoms with Gasteiger partial charge in [0.15, 0.2) is 0 Å². The third-order valence-corrected chi connectivity index (χ3v) is 5.14. The normalized spacial score (nSPS) is 32.5. The summed E-state index contributed by atoms with van der Waals surface area (Å²) in [5.41, 5.74) is 4.70. The monoisotopic (exact) mass is 287 g/mol. The van der Waals surface area contributed by atoms with Crippen molar-refractivity contribution in [3.63, 3.8) is 0 Å². The highest BCUT2D eigenvalue weighted by Crippen LogP contribution is 2.50. The van der Waals surface area contributed by atoms with Crippen LogP contribution < -0.4 is 0 Å². The van der Waals surface area contributed by atoms with Crippen molar-refractivity contribution in [2.75, 3.05) is 0 Å². The van der Waals surface area contributed by atoms with Crippen LogP contribution in [-0.4, -0.2) is 5.71 Å². The summed E-state index contributed by atoms with van der Waals surface area (Å²) < 4.78 is 0. The Morgan fingerprint density at radius 3 is 2.68 bits per heavy atom. The number of allylic oxidation sites excluding steroid dienone is 6. The summed E-state index contributed by atoms with van der Waals surface area (Å²) in [6.07, 6.45) is 12.4. The molecule has 1 heterocycles. The van der Waals surface area contributed by atoms with E-state index in [-0.39, 0.29) is 0 Å². The van der Waals surface area contributed by atoms with Crippen molar-refractivity contribution in [1.29, 1.82) is 0 Å². The fraction of sp³-hybridized carbons (Fsp3) is 0.286. The van der Waals surface area contributed by atoms with Crippen LogP contribution in [0.4, 0.5) is 0 Å². The molecular formula is C21H21N. The molecule has 22 heavy (non-hydrogen) atoms. The maximum Gasteiger partial charge on any atom is 0.0668 e. The second kappa shape index (κ2) is 5.24. The van der Waals surface area contributed by atoms with Crippen molar-refractivity contribution in [2.24, 2.45) is 28.7 Å². The lowest BCUT2D eigenvalue weighted by Gasteiger charge is -2.30. The van der Waals surface area contributed by atoms with Crippen molar-refractivity contribution in [3.05, 3.63) is 78.4 Å². The Labute approximate surface area is 132 Å². The molecule has 0 radical (unpaired) electrons. The number of hydrogen-bond acceptors (Lipinski definition) is 1. The van der Waals surface area contributed by atoms with E-state index in [1.165, 1.54) is 17.7 Å². The molecule has 1 aromatic carbocycles. The van der Waals surface area contributed by atoms with E-state index in [9.17, 15) is 0 Å². The standard InChI is InChI=1S/C21H21N/c1-3-15-9-10-17-19(18-11-14(18)2)13-20(22-21(17)12-15)16-7-5-4-6-8-16/h3-10,12-14,17-19H,1,11H2,2H3/t14-,17?,18?,19+/m1/s1. The van der Waals surface area contributed by atoms with Crippen LogP contribution in [0.25, 0.3) is 5.70 Å². The van der Waals surface area contributed by atoms with Crippen LogP contribution in [0, 0.1) is 23.7 Å². The van der Waals surface area contributed by atoms with Crippen LogP contribution in [-0.2, 0) is 0 Å². The van der Waals surface area contributed by atoms with Gasteiger partial charge in [-0.05, 0) is 41.4 Å². The molecule has 1 nitrogen and oxygen atoms in total. The SMILES string of the molecule is C=CC1=CC2=NC(c3ccccc3)=C[C@H](C3C[C@H]3C)C2C=C1. The lowest BCUT2D eigenvalue weighted by atomic mass is 9.78. The van der Waals surface area contributed by atoms with Gasteiger partial charge in [0.05, 0.1) is 5.70 Å². The first kappa shape index (κ1) is 13.5. The lowest BCUT2D eigenvalue weighted by Crippen LogP contribution is -2.26. The van der Waals surface area contributed by atoms with Crippen LogP contribution in [0.3, 0.4) is 0 Å². The van der Waals surface area contributed by atoms with Crippen molar-refractivity contribution >= 4 is 11.4 Å². The second-order valence-corrected chi connectivity index (χ2v) is 6.64. The summed E-state index contributed by atoms with van der Waals surface area (Å²) in [5, 5.41) is 0. The Balaban J connectivity index is 1.77. The quantitative estimate of drug-likeness (QED) is 0.737. The third kappa shape index (κ3) is 2.31. The molecule has 1 saturated carbocycles. The van der Waals surface area contributed by atoms with Crippen LogP contribution in [0.5, 0.6) is 0 Å². The van der Waals surface area contributed by atoms with E-state index < -0.39 is 0 Å². The first-order valence-corrected chi connectivity index (χ1v) is 8.14. The average Bonchev–Trinajstić information content (AvgIpc) is 3.30. The second-order valence-electron chi connectivity index (χ2n) is 6.64. The Kier molecular flexibility index (Phi) is 3.22. The summed E-state index contributed by atoms with van der Waals surface area (Å²) in [6, 6.07) is 10.5. The molecule has 0 spiro atoms. The minimum atomic E-state index is 0.436. The molecule has 4 atom stereocenters. The molecule has 0 amide bonds. The summed E-state index contributed by atoms with van der Waals surface area (Å²) in [5.74, 6) is 2.66. The fourth-order valence-electron chi connectivity index (χ4n) is 3.70. The van der Waals surface area contributed by atoms with E-state index >= 15 is 0 Å². The molecule has 4 rings (SSSR count). The zero-order valence-electron chi connectivity index (χ0n) is 12.9. The Hall–Kier alpha value is -2.15. The molecule has 1 fully saturated rings. The van der Waals surface area contributed by atoms with E-state index in [1.807, 2.05) is 6.08 Å². The van der Waals surface area contributed by atoms with E-state index in [4.69, 9.17) is 4.99 Å². The summed E-state index contributed by atoms with van der Waals surface area (Å²) in [7, 11) is 0. The number of benzene rings is 1. The third-order valence-electron chi connectivity index (χ3n) is 5.14. The maximum atomic E-state index is 4.96. The van der Waals surface area contributed by atoms with Crippen molar-refractivity contribution in [1.82, 2.24) is 0 Å². The number of hydrogen-bond donors (Lipinski definition) is 0. The molecule has 0 saturated heterocycles. The highest BCUT2D eigenvalue weighted by molar-refractivity contribution is 6.05. The lowest BCUT2D eigenvalue weighted by molar-refractivity contribution is 0.483. The van der Waals surface area contributed by atoms with E-state index in [0.717, 1.165) is 23.1 Å². The summed E-state index contributed by atoms with van der Waals surface area (Å²) in [4.78, 5) is 4.96. The molecule has 2 unspecified atom stereocenters. The van der Waals surface area contributed by atoms with Crippen molar-refractivity contribution < 1.29 is 0 Å². The van der Waals surface area contributed by atoms with Gasteiger partial charge < -0.3 is 0 Å². The van der Waals surface area contributed by atoms with Crippen LogP contribution in [0.1, 0.15) is 18.9 Å². The highest BCUT2D eigenvalue weighted by atomic mass is 14.8. The van der Waals surface area contributed by atoms with Crippen LogP contribution >= 0.6 is 0 Å². The summed E-state index contributed by atoms with van der Waals surface area (Å²) >= 11 is 0. The number of fused-ring (bicyclic) bond motifs is 1. The predicted molar refractivity (Wildman–Crippen MR) is 93.5 cm³/mol. The number of nitrogens with zero attached hydrogens (tertiary/aromatic N) is 1. The van der Waals surface area contributed by atoms with Gasteiger partial charge in [0.1, 0.15) is 0 Å². The minimum Gasteiger partial charge on any atom is -0.252 e. The van der Waals surface area contributed by atoms with E-state index in [2.05, 4.69) is 68.1 Å². The van der Waals surface area contributed by atoms with E-state index in [1.54, 1.807) is 0 Å². The molecule has 1 aliphatic heterocycles. The predicted octanol–water partition coefficient (Wildman–Crippen LogP) is 5.05. The average molecular weight is 287 g/mol. The van der Waals surface area contributed by atoms with Gasteiger partial charge in [-0.3, -0.25) is 4.99 Å². The Bertz CT molecular complexity index is 718. The first-order valence-electron chi connectivity index (χ1n) is 8.14. The minimum absolute atomic E-state index is 0.436. The molecule has 1 aromatic rings. The van der Waals surface area contributed by atoms with Crippen molar-refractivity contribution in [2.45, 2.75) is 13.3 Å². The number of aliphatic imine (C=N–C) groups is 1. The topological polar surface area (TPSA) is 12.4 Å². The van der Waals surface area contributed by atoms with Gasteiger partial charge >= 0.3 is 0 Å². The van der Waals surface area contributed by atoms with Gasteiger partial charge in [0.25, 0.3) is 0 Å². The molecule has 2 aliphatic carbocycles. The fourth-order valence-corrected chi connectivity index (χ4v) is 3.70. The Morgan fingerprint density at radius 2 is 2.00 bits per heavy atom. The Morgan fingerprint density at radius 1 is 1.23 bits per heavy atom. The van der Waals surface area contributed by atoms with Crippen molar-refractivity contribution in [3.8, 4) is 0 Å². The van der Waals surface area contributed by atoms with Gasteiger partial charge in [-0.25, -0.2) is 0 Å². The molecule has 0 bridgehead atoms. The van der Waals surface area contributed by atoms with Gasteiger partial charge in [-0.15, -0.1) is 0 Å². The molecule has 110 valence electrons. The molecule has 0 aromatic heterocycles. The molecule has 3 aliphatic rings. The van der Waals surface area contributed by atoms with Gasteiger partial charge in [-0.2, -0.15) is 0 Å². The zero-order valence-corrected chi connectivity index (χ0v) is 12.9. The summed E-state index contributed by atoms with van der Waals surface area (Å²) in [6.45, 7) is 6.25. The van der Waals surface area contributed by atoms with E-state index in [0.29, 0.717) is 11.8 Å². The molecule has 0 N–H and O–H groups in total. The van der Waals surface area contributed by atoms with Gasteiger partial charge in [0, 0.05) is 11.6 Å². The van der Waals surface area contributed by atoms with Crippen LogP contribution in [0.2, 0.25) is 0 Å². The molecule has 1 heteroatoms. The maximum absolute atomic E-state index is 4.96. The number of rotatable bonds is 3. The zero-order chi connectivity index (χ0) is 15.1. The van der Waals surface area contributed by atoms with Crippen LogP contribution in [0.15, 0.2) is 77.9 Å². The smallest absolute Gasteiger partial charge is 0.0668 e. The highest BCUT2D eigenvalue weighted by Gasteiger charge is 2.44. The molecular weight excluding hydrogens is 266 g/mol. The first-order chi connectivity index (χ1) is 10.8. The van der Waals surface area contributed by atoms with Gasteiger partial charge in [0.2, 0.25) is 0 Å². The van der Waals surface area contributed by atoms with Gasteiger partial charge in [-0.1, -0.05) is 68.1 Å². The largest absolute Gasteiger partial charge is 0.252 e.